The molecule has 0 spiro atoms. The first-order valence-corrected chi connectivity index (χ1v) is 10.9. The highest BCUT2D eigenvalue weighted by molar-refractivity contribution is 14.0. The highest BCUT2D eigenvalue weighted by Crippen LogP contribution is 2.16. The van der Waals surface area contributed by atoms with Crippen molar-refractivity contribution in [2.45, 2.75) is 38.4 Å². The molecule has 172 valence electrons. The first-order valence-electron chi connectivity index (χ1n) is 10.9. The maximum atomic E-state index is 4.38. The molecule has 2 aromatic rings. The topological polar surface area (TPSA) is 60.7 Å². The Morgan fingerprint density at radius 2 is 1.77 bits per heavy atom. The van der Waals surface area contributed by atoms with Crippen LogP contribution in [0.3, 0.4) is 0 Å². The van der Waals surface area contributed by atoms with Crippen molar-refractivity contribution in [2.24, 2.45) is 12.0 Å². The van der Waals surface area contributed by atoms with Crippen LogP contribution < -0.4 is 10.6 Å². The first kappa shape index (κ1) is 25.6. The van der Waals surface area contributed by atoms with E-state index < -0.39 is 0 Å². The number of aromatic nitrogens is 2. The van der Waals surface area contributed by atoms with Gasteiger partial charge >= 0.3 is 0 Å². The van der Waals surface area contributed by atoms with Gasteiger partial charge in [-0.3, -0.25) is 14.6 Å². The predicted octanol–water partition coefficient (Wildman–Crippen LogP) is 2.99. The lowest BCUT2D eigenvalue weighted by atomic mass is 10.1. The maximum Gasteiger partial charge on any atom is 0.191 e. The number of aryl methyl sites for hydroxylation is 1. The molecular formula is C23H38IN7. The van der Waals surface area contributed by atoms with E-state index in [1.807, 2.05) is 25.0 Å². The summed E-state index contributed by atoms with van der Waals surface area (Å²) in [5.74, 6) is 0.808. The number of guanidine groups is 1. The van der Waals surface area contributed by atoms with Gasteiger partial charge in [0.2, 0.25) is 0 Å². The monoisotopic (exact) mass is 539 g/mol. The second-order valence-corrected chi connectivity index (χ2v) is 8.39. The number of likely N-dealkylation sites (tertiary alicyclic amines) is 1. The molecule has 1 aromatic carbocycles. The standard InChI is InChI=1S/C23H37N7.HI/c1-24-23(26-16-22(28(2)3)21-15-27-29(4)18-21)25-14-19-8-10-20(11-9-19)17-30-12-6-5-7-13-30;/h8-11,15,18,22H,5-7,12-14,16-17H2,1-4H3,(H2,24,25,26);1H. The fourth-order valence-electron chi connectivity index (χ4n) is 3.95. The number of nitrogens with zero attached hydrogens (tertiary/aromatic N) is 5. The zero-order valence-electron chi connectivity index (χ0n) is 19.3. The molecule has 1 aliphatic rings. The minimum atomic E-state index is 0. The van der Waals surface area contributed by atoms with Crippen LogP contribution in [0.5, 0.6) is 0 Å². The SMILES string of the molecule is CN=C(NCc1ccc(CN2CCCCC2)cc1)NCC(c1cnn(C)c1)N(C)C.I. The summed E-state index contributed by atoms with van der Waals surface area (Å²) >= 11 is 0. The molecule has 1 aliphatic heterocycles. The molecule has 3 rings (SSSR count). The molecule has 31 heavy (non-hydrogen) atoms. The smallest absolute Gasteiger partial charge is 0.191 e. The van der Waals surface area contributed by atoms with E-state index in [-0.39, 0.29) is 30.0 Å². The van der Waals surface area contributed by atoms with Crippen LogP contribution in [-0.4, -0.2) is 66.3 Å². The number of hydrogen-bond acceptors (Lipinski definition) is 4. The van der Waals surface area contributed by atoms with Gasteiger partial charge in [-0.1, -0.05) is 30.7 Å². The van der Waals surface area contributed by atoms with Crippen LogP contribution in [0.1, 0.15) is 42.0 Å². The van der Waals surface area contributed by atoms with Crippen molar-refractivity contribution in [1.29, 1.82) is 0 Å². The number of rotatable bonds is 8. The van der Waals surface area contributed by atoms with Gasteiger partial charge in [-0.05, 0) is 51.2 Å². The average molecular weight is 540 g/mol. The van der Waals surface area contributed by atoms with Crippen molar-refractivity contribution in [1.82, 2.24) is 30.2 Å². The van der Waals surface area contributed by atoms with Crippen molar-refractivity contribution in [2.75, 3.05) is 40.8 Å². The number of likely N-dealkylation sites (N-methyl/N-ethyl adjacent to an activating group) is 1. The van der Waals surface area contributed by atoms with Gasteiger partial charge in [0.05, 0.1) is 12.2 Å². The van der Waals surface area contributed by atoms with Gasteiger partial charge in [-0.15, -0.1) is 24.0 Å². The minimum absolute atomic E-state index is 0. The molecule has 0 bridgehead atoms. The summed E-state index contributed by atoms with van der Waals surface area (Å²) in [5.41, 5.74) is 3.85. The van der Waals surface area contributed by atoms with Gasteiger partial charge in [0, 0.05) is 45.5 Å². The lowest BCUT2D eigenvalue weighted by molar-refractivity contribution is 0.221. The van der Waals surface area contributed by atoms with Gasteiger partial charge in [0.1, 0.15) is 0 Å². The number of hydrogen-bond donors (Lipinski definition) is 2. The number of nitrogens with one attached hydrogen (secondary N) is 2. The summed E-state index contributed by atoms with van der Waals surface area (Å²) < 4.78 is 1.84. The van der Waals surface area contributed by atoms with Crippen molar-refractivity contribution < 1.29 is 0 Å². The van der Waals surface area contributed by atoms with Crippen LogP contribution in [0.15, 0.2) is 41.7 Å². The molecule has 7 nitrogen and oxygen atoms in total. The summed E-state index contributed by atoms with van der Waals surface area (Å²) in [7, 11) is 7.93. The second kappa shape index (κ2) is 13.0. The minimum Gasteiger partial charge on any atom is -0.354 e. The number of halogens is 1. The highest BCUT2D eigenvalue weighted by Gasteiger charge is 2.16. The van der Waals surface area contributed by atoms with Crippen LogP contribution in [0, 0.1) is 0 Å². The van der Waals surface area contributed by atoms with Crippen LogP contribution >= 0.6 is 24.0 Å². The summed E-state index contributed by atoms with van der Waals surface area (Å²) in [5, 5.41) is 11.2. The molecule has 1 unspecified atom stereocenters. The molecule has 1 saturated heterocycles. The van der Waals surface area contributed by atoms with E-state index in [4.69, 9.17) is 0 Å². The molecule has 1 fully saturated rings. The second-order valence-electron chi connectivity index (χ2n) is 8.39. The number of benzene rings is 1. The third kappa shape index (κ3) is 8.08. The molecule has 1 aromatic heterocycles. The highest BCUT2D eigenvalue weighted by atomic mass is 127. The number of piperidine rings is 1. The van der Waals surface area contributed by atoms with E-state index in [0.29, 0.717) is 0 Å². The maximum absolute atomic E-state index is 4.38. The summed E-state index contributed by atoms with van der Waals surface area (Å²) in [4.78, 5) is 9.13. The van der Waals surface area contributed by atoms with Crippen molar-refractivity contribution >= 4 is 29.9 Å². The Hall–Kier alpha value is -1.65. The van der Waals surface area contributed by atoms with Crippen molar-refractivity contribution in [3.63, 3.8) is 0 Å². The quantitative estimate of drug-likeness (QED) is 0.307. The lowest BCUT2D eigenvalue weighted by Crippen LogP contribution is -2.41. The molecule has 2 heterocycles. The zero-order chi connectivity index (χ0) is 21.3. The Balaban J connectivity index is 0.00000341. The Morgan fingerprint density at radius 1 is 1.10 bits per heavy atom. The molecule has 0 amide bonds. The fourth-order valence-corrected chi connectivity index (χ4v) is 3.95. The van der Waals surface area contributed by atoms with Crippen LogP contribution in [0.25, 0.3) is 0 Å². The average Bonchev–Trinajstić information content (AvgIpc) is 3.18. The Morgan fingerprint density at radius 3 is 2.35 bits per heavy atom. The molecular weight excluding hydrogens is 501 g/mol. The molecule has 0 aliphatic carbocycles. The van der Waals surface area contributed by atoms with E-state index in [0.717, 1.165) is 25.6 Å². The summed E-state index contributed by atoms with van der Waals surface area (Å²) in [6.45, 7) is 5.05. The predicted molar refractivity (Wildman–Crippen MR) is 139 cm³/mol. The van der Waals surface area contributed by atoms with Gasteiger partial charge < -0.3 is 15.5 Å². The van der Waals surface area contributed by atoms with E-state index in [1.165, 1.54) is 49.0 Å². The van der Waals surface area contributed by atoms with Crippen LogP contribution in [0.4, 0.5) is 0 Å². The molecule has 1 atom stereocenters. The summed E-state index contributed by atoms with van der Waals surface area (Å²) in [6, 6.07) is 9.18. The Bertz CT molecular complexity index is 795. The molecule has 0 radical (unpaired) electrons. The van der Waals surface area contributed by atoms with Crippen LogP contribution in [-0.2, 0) is 20.1 Å². The Labute approximate surface area is 204 Å². The van der Waals surface area contributed by atoms with Crippen LogP contribution in [0.2, 0.25) is 0 Å². The number of aliphatic imine (C=N–C) groups is 1. The molecule has 8 heteroatoms. The van der Waals surface area contributed by atoms with Gasteiger partial charge in [0.15, 0.2) is 5.96 Å². The molecule has 2 N–H and O–H groups in total. The van der Waals surface area contributed by atoms with Crippen molar-refractivity contribution in [3.8, 4) is 0 Å². The van der Waals surface area contributed by atoms with Gasteiger partial charge in [0.25, 0.3) is 0 Å². The third-order valence-corrected chi connectivity index (χ3v) is 5.76. The summed E-state index contributed by atoms with van der Waals surface area (Å²) in [6.07, 6.45) is 8.04. The van der Waals surface area contributed by atoms with E-state index in [2.05, 4.69) is 75.1 Å². The van der Waals surface area contributed by atoms with E-state index in [1.54, 1.807) is 0 Å². The Kier molecular flexibility index (Phi) is 10.8. The van der Waals surface area contributed by atoms with Gasteiger partial charge in [-0.2, -0.15) is 5.10 Å². The fraction of sp³-hybridized carbons (Fsp3) is 0.565. The van der Waals surface area contributed by atoms with Crippen molar-refractivity contribution in [3.05, 3.63) is 53.3 Å². The van der Waals surface area contributed by atoms with E-state index in [9.17, 15) is 0 Å². The third-order valence-electron chi connectivity index (χ3n) is 5.76. The molecule has 0 saturated carbocycles. The first-order chi connectivity index (χ1) is 14.5. The lowest BCUT2D eigenvalue weighted by Gasteiger charge is -2.26. The zero-order valence-corrected chi connectivity index (χ0v) is 21.7. The van der Waals surface area contributed by atoms with Gasteiger partial charge in [-0.25, -0.2) is 0 Å². The normalized spacial score (nSPS) is 16.1. The largest absolute Gasteiger partial charge is 0.354 e. The van der Waals surface area contributed by atoms with E-state index >= 15 is 0 Å².